The predicted octanol–water partition coefficient (Wildman–Crippen LogP) is 5.12. The Kier molecular flexibility index (Phi) is 9.35. The highest BCUT2D eigenvalue weighted by Crippen LogP contribution is 2.35. The van der Waals surface area contributed by atoms with Gasteiger partial charge in [0.1, 0.15) is 11.1 Å². The first-order valence-corrected chi connectivity index (χ1v) is 12.7. The molecule has 1 aliphatic rings. The van der Waals surface area contributed by atoms with Gasteiger partial charge < -0.3 is 5.11 Å². The second-order valence-electron chi connectivity index (χ2n) is 7.40. The second-order valence-corrected chi connectivity index (χ2v) is 10.7. The number of sulfonamides is 1. The third kappa shape index (κ3) is 6.58. The average molecular weight is 496 g/mol. The summed E-state index contributed by atoms with van der Waals surface area (Å²) in [6, 6.07) is -1.70. The van der Waals surface area contributed by atoms with E-state index in [0.717, 1.165) is 16.7 Å². The van der Waals surface area contributed by atoms with Crippen molar-refractivity contribution in [3.8, 4) is 0 Å². The lowest BCUT2D eigenvalue weighted by Crippen LogP contribution is -2.41. The lowest BCUT2D eigenvalue weighted by molar-refractivity contribution is -0.138. The number of thioether (sulfide) groups is 1. The number of allylic oxidation sites excluding steroid dienone is 3. The van der Waals surface area contributed by atoms with Crippen LogP contribution in [0.1, 0.15) is 57.1 Å². The minimum Gasteiger partial charge on any atom is -0.480 e. The summed E-state index contributed by atoms with van der Waals surface area (Å²) < 4.78 is 83.6. The van der Waals surface area contributed by atoms with Crippen LogP contribution in [-0.4, -0.2) is 30.6 Å². The van der Waals surface area contributed by atoms with Gasteiger partial charge in [0.25, 0.3) is 0 Å². The van der Waals surface area contributed by atoms with E-state index in [1.54, 1.807) is 6.92 Å². The van der Waals surface area contributed by atoms with Crippen LogP contribution in [0.25, 0.3) is 5.57 Å². The molecule has 0 aromatic heterocycles. The number of hydrogen-bond acceptors (Lipinski definition) is 4. The summed E-state index contributed by atoms with van der Waals surface area (Å²) in [5.74, 6) is -8.59. The van der Waals surface area contributed by atoms with E-state index < -0.39 is 62.4 Å². The van der Waals surface area contributed by atoms with E-state index in [9.17, 15) is 35.9 Å². The molecule has 2 N–H and O–H groups in total. The molecule has 0 fully saturated rings. The van der Waals surface area contributed by atoms with E-state index in [1.165, 1.54) is 6.08 Å². The Balaban J connectivity index is 2.38. The Morgan fingerprint density at radius 3 is 2.47 bits per heavy atom. The number of hydrogen-bond donors (Lipinski definition) is 2. The summed E-state index contributed by atoms with van der Waals surface area (Å²) in [7, 11) is -4.05. The number of carboxylic acids is 1. The highest BCUT2D eigenvalue weighted by atomic mass is 32.3. The predicted molar refractivity (Wildman–Crippen MR) is 116 cm³/mol. The molecule has 0 radical (unpaired) electrons. The van der Waals surface area contributed by atoms with Crippen LogP contribution in [0, 0.1) is 23.3 Å². The molecule has 0 bridgehead atoms. The molecular weight excluding hydrogens is 470 g/mol. The summed E-state index contributed by atoms with van der Waals surface area (Å²) in [5.41, 5.74) is -1.00. The van der Waals surface area contributed by atoms with Crippen LogP contribution in [-0.2, 0) is 21.2 Å². The molecule has 178 valence electrons. The van der Waals surface area contributed by atoms with Gasteiger partial charge in [0.15, 0.2) is 23.3 Å². The number of halogens is 4. The maximum atomic E-state index is 14.6. The molecule has 0 heterocycles. The monoisotopic (exact) mass is 495 g/mol. The Bertz CT molecular complexity index is 1040. The fraction of sp³-hybridized carbons (Fsp3) is 0.476. The Hall–Kier alpha value is -1.85. The Morgan fingerprint density at radius 2 is 1.84 bits per heavy atom. The van der Waals surface area contributed by atoms with E-state index >= 15 is 0 Å². The minimum atomic E-state index is -4.05. The van der Waals surface area contributed by atoms with Crippen molar-refractivity contribution in [2.24, 2.45) is 0 Å². The van der Waals surface area contributed by atoms with Gasteiger partial charge in [-0.1, -0.05) is 19.1 Å². The van der Waals surface area contributed by atoms with Gasteiger partial charge in [-0.05, 0) is 55.9 Å². The topological polar surface area (TPSA) is 83.5 Å². The van der Waals surface area contributed by atoms with Crippen LogP contribution >= 0.6 is 11.8 Å². The average Bonchev–Trinajstić information content (AvgIpc) is 2.70. The second kappa shape index (κ2) is 11.3. The molecular formula is C21H25F4NO4S2. The molecule has 5 nitrogen and oxygen atoms in total. The zero-order valence-corrected chi connectivity index (χ0v) is 19.3. The first-order chi connectivity index (χ1) is 15.0. The van der Waals surface area contributed by atoms with Crippen molar-refractivity contribution < 1.29 is 35.9 Å². The van der Waals surface area contributed by atoms with Crippen molar-refractivity contribution >= 4 is 33.3 Å². The van der Waals surface area contributed by atoms with E-state index in [1.807, 2.05) is 13.0 Å². The van der Waals surface area contributed by atoms with Gasteiger partial charge in [0.2, 0.25) is 10.0 Å². The zero-order chi connectivity index (χ0) is 24.1. The molecule has 32 heavy (non-hydrogen) atoms. The van der Waals surface area contributed by atoms with Crippen molar-refractivity contribution in [1.29, 1.82) is 0 Å². The minimum absolute atomic E-state index is 0.0597. The van der Waals surface area contributed by atoms with Crippen molar-refractivity contribution in [2.45, 2.75) is 58.4 Å². The van der Waals surface area contributed by atoms with Crippen LogP contribution in [0.15, 0.2) is 17.1 Å². The summed E-state index contributed by atoms with van der Waals surface area (Å²) >= 11 is 1.01. The van der Waals surface area contributed by atoms with Gasteiger partial charge in [-0.25, -0.2) is 26.0 Å². The molecule has 1 aliphatic carbocycles. The molecule has 0 spiro atoms. The van der Waals surface area contributed by atoms with Crippen LogP contribution in [0.5, 0.6) is 0 Å². The maximum Gasteiger partial charge on any atom is 0.322 e. The van der Waals surface area contributed by atoms with E-state index in [0.29, 0.717) is 25.7 Å². The van der Waals surface area contributed by atoms with Crippen molar-refractivity contribution in [3.63, 3.8) is 0 Å². The standard InChI is InChI=1S/C21H25F4NO4S2/c1-3-7-12(2)31-11-32(29,30)26-15(21(27)28)10-13-8-5-4-6-9-14-16(13)18(23)20(25)19(24)17(14)22/h7-8,15,26H,3-6,9-11H2,1-2H3,(H,27,28). The lowest BCUT2D eigenvalue weighted by atomic mass is 9.88. The van der Waals surface area contributed by atoms with Gasteiger partial charge in [-0.15, -0.1) is 11.8 Å². The first kappa shape index (κ1) is 26.4. The molecule has 0 aliphatic heterocycles. The summed E-state index contributed by atoms with van der Waals surface area (Å²) in [4.78, 5) is 12.5. The molecule has 0 amide bonds. The fourth-order valence-corrected chi connectivity index (χ4v) is 5.96. The van der Waals surface area contributed by atoms with Crippen molar-refractivity contribution in [1.82, 2.24) is 4.72 Å². The molecule has 1 aromatic carbocycles. The largest absolute Gasteiger partial charge is 0.480 e. The molecule has 11 heteroatoms. The number of rotatable bonds is 9. The van der Waals surface area contributed by atoms with Crippen LogP contribution in [0.2, 0.25) is 0 Å². The number of carboxylic acid groups (broad SMARTS) is 1. The molecule has 1 unspecified atom stereocenters. The molecule has 0 saturated carbocycles. The molecule has 2 rings (SSSR count). The van der Waals surface area contributed by atoms with Crippen molar-refractivity contribution in [2.75, 3.05) is 5.08 Å². The quantitative estimate of drug-likeness (QED) is 0.282. The highest BCUT2D eigenvalue weighted by Gasteiger charge is 2.31. The van der Waals surface area contributed by atoms with Gasteiger partial charge >= 0.3 is 5.97 Å². The van der Waals surface area contributed by atoms with Crippen LogP contribution < -0.4 is 4.72 Å². The Labute approximate surface area is 189 Å². The van der Waals surface area contributed by atoms with Crippen molar-refractivity contribution in [3.05, 3.63) is 51.5 Å². The highest BCUT2D eigenvalue weighted by molar-refractivity contribution is 8.14. The third-order valence-electron chi connectivity index (χ3n) is 4.93. The van der Waals surface area contributed by atoms with E-state index in [4.69, 9.17) is 0 Å². The van der Waals surface area contributed by atoms with E-state index in [-0.39, 0.29) is 17.6 Å². The van der Waals surface area contributed by atoms with Crippen LogP contribution in [0.4, 0.5) is 17.6 Å². The zero-order valence-electron chi connectivity index (χ0n) is 17.7. The molecule has 0 saturated heterocycles. The van der Waals surface area contributed by atoms with Gasteiger partial charge in [0, 0.05) is 11.1 Å². The smallest absolute Gasteiger partial charge is 0.322 e. The number of aliphatic carboxylic acids is 1. The lowest BCUT2D eigenvalue weighted by Gasteiger charge is -2.22. The van der Waals surface area contributed by atoms with E-state index in [2.05, 4.69) is 4.72 Å². The SMILES string of the molecule is CCC=C(C)SCS(=O)(=O)NC(CC1=CCCCCc2c(F)c(F)c(F)c(F)c21)C(=O)O. The molecule has 1 aromatic rings. The summed E-state index contributed by atoms with van der Waals surface area (Å²) in [6.07, 6.45) is 4.62. The number of carbonyl (C=O) groups is 1. The summed E-state index contributed by atoms with van der Waals surface area (Å²) in [5, 5.41) is 9.12. The number of nitrogens with one attached hydrogen (secondary N) is 1. The molecule has 1 atom stereocenters. The van der Waals surface area contributed by atoms with Gasteiger partial charge in [-0.2, -0.15) is 4.72 Å². The van der Waals surface area contributed by atoms with Gasteiger partial charge in [-0.3, -0.25) is 4.79 Å². The Morgan fingerprint density at radius 1 is 1.19 bits per heavy atom. The third-order valence-corrected chi connectivity index (χ3v) is 7.91. The normalized spacial score (nSPS) is 16.1. The van der Waals surface area contributed by atoms with Crippen LogP contribution in [0.3, 0.4) is 0 Å². The summed E-state index contributed by atoms with van der Waals surface area (Å²) in [6.45, 7) is 3.61. The maximum absolute atomic E-state index is 14.6. The van der Waals surface area contributed by atoms with Gasteiger partial charge in [0.05, 0.1) is 0 Å². The number of benzene rings is 1. The first-order valence-electron chi connectivity index (χ1n) is 10.0. The number of fused-ring (bicyclic) bond motifs is 1. The fourth-order valence-electron chi connectivity index (χ4n) is 3.42.